The van der Waals surface area contributed by atoms with E-state index in [-0.39, 0.29) is 5.54 Å². The van der Waals surface area contributed by atoms with Crippen molar-refractivity contribution in [2.45, 2.75) is 52.0 Å². The average molecular weight is 167 g/mol. The van der Waals surface area contributed by atoms with E-state index in [0.29, 0.717) is 0 Å². The zero-order valence-corrected chi connectivity index (χ0v) is 8.61. The molecule has 0 amide bonds. The largest absolute Gasteiger partial charge is 0.302 e. The van der Waals surface area contributed by atoms with Gasteiger partial charge in [-0.15, -0.1) is 6.42 Å². The molecular weight excluding hydrogens is 146 g/mol. The Morgan fingerprint density at radius 2 is 1.92 bits per heavy atom. The molecule has 0 aromatic rings. The molecule has 1 heteroatoms. The fraction of sp³-hybridized carbons (Fsp3) is 0.818. The smallest absolute Gasteiger partial charge is 0.0741 e. The zero-order chi connectivity index (χ0) is 9.45. The van der Waals surface area contributed by atoms with Crippen LogP contribution in [0, 0.1) is 12.3 Å². The monoisotopic (exact) mass is 167 g/mol. The molecule has 0 aromatic carbocycles. The third-order valence-corrected chi connectivity index (χ3v) is 1.96. The summed E-state index contributed by atoms with van der Waals surface area (Å²) >= 11 is 0. The number of nitrogens with one attached hydrogen (secondary N) is 1. The summed E-state index contributed by atoms with van der Waals surface area (Å²) in [6.45, 7) is 7.33. The Labute approximate surface area is 76.9 Å². The molecule has 0 saturated carbocycles. The van der Waals surface area contributed by atoms with Crippen molar-refractivity contribution in [1.82, 2.24) is 5.32 Å². The van der Waals surface area contributed by atoms with Crippen LogP contribution in [-0.2, 0) is 0 Å². The van der Waals surface area contributed by atoms with Gasteiger partial charge in [0.15, 0.2) is 0 Å². The lowest BCUT2D eigenvalue weighted by molar-refractivity contribution is 0.474. The van der Waals surface area contributed by atoms with Crippen molar-refractivity contribution in [3.8, 4) is 12.3 Å². The first-order valence-corrected chi connectivity index (χ1v) is 4.85. The number of unbranched alkanes of at least 4 members (excludes halogenated alkanes) is 3. The first-order valence-electron chi connectivity index (χ1n) is 4.85. The molecule has 0 atom stereocenters. The molecule has 0 rings (SSSR count). The molecule has 0 fully saturated rings. The lowest BCUT2D eigenvalue weighted by Gasteiger charge is -2.19. The van der Waals surface area contributed by atoms with E-state index in [1.165, 1.54) is 25.7 Å². The van der Waals surface area contributed by atoms with Crippen molar-refractivity contribution in [3.05, 3.63) is 0 Å². The van der Waals surface area contributed by atoms with Crippen molar-refractivity contribution in [2.24, 2.45) is 0 Å². The highest BCUT2D eigenvalue weighted by molar-refractivity contribution is 5.07. The van der Waals surface area contributed by atoms with Crippen LogP contribution in [0.5, 0.6) is 0 Å². The molecule has 70 valence electrons. The van der Waals surface area contributed by atoms with Crippen molar-refractivity contribution in [1.29, 1.82) is 0 Å². The van der Waals surface area contributed by atoms with E-state index in [0.717, 1.165) is 6.54 Å². The van der Waals surface area contributed by atoms with E-state index in [1.54, 1.807) is 0 Å². The molecular formula is C11H21N. The van der Waals surface area contributed by atoms with E-state index in [9.17, 15) is 0 Å². The van der Waals surface area contributed by atoms with Crippen molar-refractivity contribution in [2.75, 3.05) is 6.54 Å². The highest BCUT2D eigenvalue weighted by Crippen LogP contribution is 2.01. The van der Waals surface area contributed by atoms with Gasteiger partial charge in [0.2, 0.25) is 0 Å². The van der Waals surface area contributed by atoms with Crippen LogP contribution in [0.2, 0.25) is 0 Å². The normalized spacial score (nSPS) is 11.2. The van der Waals surface area contributed by atoms with Gasteiger partial charge in [0.1, 0.15) is 0 Å². The summed E-state index contributed by atoms with van der Waals surface area (Å²) in [5.41, 5.74) is -0.133. The second-order valence-electron chi connectivity index (χ2n) is 3.76. The highest BCUT2D eigenvalue weighted by atomic mass is 14.9. The van der Waals surface area contributed by atoms with Gasteiger partial charge in [0, 0.05) is 0 Å². The summed E-state index contributed by atoms with van der Waals surface area (Å²) in [4.78, 5) is 0. The van der Waals surface area contributed by atoms with Gasteiger partial charge in [-0.05, 0) is 26.8 Å². The number of hydrogen-bond donors (Lipinski definition) is 1. The SMILES string of the molecule is C#CC(C)(C)NCCCCCC. The topological polar surface area (TPSA) is 12.0 Å². The Bertz CT molecular complexity index is 142. The molecule has 0 unspecified atom stereocenters. The van der Waals surface area contributed by atoms with Gasteiger partial charge in [-0.1, -0.05) is 32.1 Å². The van der Waals surface area contributed by atoms with Gasteiger partial charge < -0.3 is 5.32 Å². The van der Waals surface area contributed by atoms with E-state index in [4.69, 9.17) is 6.42 Å². The molecule has 0 heterocycles. The van der Waals surface area contributed by atoms with Gasteiger partial charge in [0.25, 0.3) is 0 Å². The maximum Gasteiger partial charge on any atom is 0.0741 e. The lowest BCUT2D eigenvalue weighted by Crippen LogP contribution is -2.38. The van der Waals surface area contributed by atoms with E-state index >= 15 is 0 Å². The molecule has 0 radical (unpaired) electrons. The molecule has 0 aliphatic rings. The summed E-state index contributed by atoms with van der Waals surface area (Å²) in [6.07, 6.45) is 10.5. The first-order chi connectivity index (χ1) is 5.62. The summed E-state index contributed by atoms with van der Waals surface area (Å²) in [7, 11) is 0. The van der Waals surface area contributed by atoms with Crippen LogP contribution in [0.4, 0.5) is 0 Å². The predicted octanol–water partition coefficient (Wildman–Crippen LogP) is 2.57. The second kappa shape index (κ2) is 6.08. The third-order valence-electron chi connectivity index (χ3n) is 1.96. The minimum atomic E-state index is -0.133. The zero-order valence-electron chi connectivity index (χ0n) is 8.61. The maximum absolute atomic E-state index is 5.33. The lowest BCUT2D eigenvalue weighted by atomic mass is 10.1. The summed E-state index contributed by atoms with van der Waals surface area (Å²) in [5.74, 6) is 2.72. The third kappa shape index (κ3) is 6.24. The molecule has 0 saturated heterocycles. The molecule has 12 heavy (non-hydrogen) atoms. The Kier molecular flexibility index (Phi) is 5.84. The van der Waals surface area contributed by atoms with E-state index in [2.05, 4.69) is 18.2 Å². The average Bonchev–Trinajstić information content (AvgIpc) is 2.04. The first kappa shape index (κ1) is 11.5. The van der Waals surface area contributed by atoms with Gasteiger partial charge >= 0.3 is 0 Å². The highest BCUT2D eigenvalue weighted by Gasteiger charge is 2.10. The predicted molar refractivity (Wildman–Crippen MR) is 55.1 cm³/mol. The van der Waals surface area contributed by atoms with Crippen LogP contribution in [0.3, 0.4) is 0 Å². The van der Waals surface area contributed by atoms with E-state index in [1.807, 2.05) is 13.8 Å². The van der Waals surface area contributed by atoms with Crippen molar-refractivity contribution >= 4 is 0 Å². The molecule has 1 N–H and O–H groups in total. The van der Waals surface area contributed by atoms with Crippen molar-refractivity contribution < 1.29 is 0 Å². The van der Waals surface area contributed by atoms with Crippen LogP contribution >= 0.6 is 0 Å². The van der Waals surface area contributed by atoms with E-state index < -0.39 is 0 Å². The molecule has 0 aliphatic carbocycles. The Hall–Kier alpha value is -0.480. The number of terminal acetylenes is 1. The van der Waals surface area contributed by atoms with Gasteiger partial charge in [-0.2, -0.15) is 0 Å². The Balaban J connectivity index is 3.27. The summed E-state index contributed by atoms with van der Waals surface area (Å²) in [6, 6.07) is 0. The Morgan fingerprint density at radius 3 is 2.42 bits per heavy atom. The molecule has 0 bridgehead atoms. The fourth-order valence-electron chi connectivity index (χ4n) is 1.00. The van der Waals surface area contributed by atoms with Crippen molar-refractivity contribution in [3.63, 3.8) is 0 Å². The van der Waals surface area contributed by atoms with Crippen LogP contribution < -0.4 is 5.32 Å². The standard InChI is InChI=1S/C11H21N/c1-5-7-8-9-10-12-11(3,4)6-2/h2,12H,5,7-10H2,1,3-4H3. The van der Waals surface area contributed by atoms with Crippen LogP contribution in [0.1, 0.15) is 46.5 Å². The molecule has 0 aliphatic heterocycles. The van der Waals surface area contributed by atoms with Gasteiger partial charge in [-0.25, -0.2) is 0 Å². The Morgan fingerprint density at radius 1 is 1.25 bits per heavy atom. The minimum absolute atomic E-state index is 0.133. The minimum Gasteiger partial charge on any atom is -0.302 e. The summed E-state index contributed by atoms with van der Waals surface area (Å²) in [5, 5.41) is 3.33. The second-order valence-corrected chi connectivity index (χ2v) is 3.76. The number of hydrogen-bond acceptors (Lipinski definition) is 1. The van der Waals surface area contributed by atoms with Crippen LogP contribution in [0.15, 0.2) is 0 Å². The molecule has 0 aromatic heterocycles. The maximum atomic E-state index is 5.33. The van der Waals surface area contributed by atoms with Crippen LogP contribution in [0.25, 0.3) is 0 Å². The quantitative estimate of drug-likeness (QED) is 0.473. The number of rotatable bonds is 6. The molecule has 1 nitrogen and oxygen atoms in total. The fourth-order valence-corrected chi connectivity index (χ4v) is 1.00. The van der Waals surface area contributed by atoms with Gasteiger partial charge in [-0.3, -0.25) is 0 Å². The molecule has 0 spiro atoms. The summed E-state index contributed by atoms with van der Waals surface area (Å²) < 4.78 is 0. The van der Waals surface area contributed by atoms with Crippen LogP contribution in [-0.4, -0.2) is 12.1 Å². The van der Waals surface area contributed by atoms with Gasteiger partial charge in [0.05, 0.1) is 5.54 Å².